The molecule has 0 radical (unpaired) electrons. The Hall–Kier alpha value is -0.810. The highest BCUT2D eigenvalue weighted by atomic mass is 16.1. The molecule has 0 aromatic carbocycles. The molecule has 15 heavy (non-hydrogen) atoms. The lowest BCUT2D eigenvalue weighted by Gasteiger charge is -2.21. The summed E-state index contributed by atoms with van der Waals surface area (Å²) in [7, 11) is 0. The lowest BCUT2D eigenvalue weighted by Crippen LogP contribution is -2.33. The molecule has 0 aromatic heterocycles. The fourth-order valence-electron chi connectivity index (χ4n) is 0.372. The smallest absolute Gasteiger partial charge is 0.125 e. The van der Waals surface area contributed by atoms with E-state index in [2.05, 4.69) is 32.6 Å². The number of hydrogen-bond donors (Lipinski definition) is 1. The Labute approximate surface area is 94.6 Å². The number of nitrogens with two attached hydrogens (primary N) is 1. The van der Waals surface area contributed by atoms with Gasteiger partial charge in [0.1, 0.15) is 6.29 Å². The van der Waals surface area contributed by atoms with Crippen LogP contribution in [0.5, 0.6) is 0 Å². The third-order valence-corrected chi connectivity index (χ3v) is 1.59. The maximum atomic E-state index is 9.83. The van der Waals surface area contributed by atoms with E-state index in [-0.39, 0.29) is 16.9 Å². The highest BCUT2D eigenvalue weighted by molar-refractivity contribution is 5.56. The monoisotopic (exact) mass is 211 g/mol. The number of rotatable bonds is 0. The zero-order valence-corrected chi connectivity index (χ0v) is 11.1. The van der Waals surface area contributed by atoms with Gasteiger partial charge in [-0.05, 0) is 12.3 Å². The van der Waals surface area contributed by atoms with Crippen molar-refractivity contribution in [2.75, 3.05) is 0 Å². The van der Waals surface area contributed by atoms with Crippen molar-refractivity contribution < 1.29 is 4.79 Å². The van der Waals surface area contributed by atoms with E-state index in [9.17, 15) is 4.79 Å². The second-order valence-electron chi connectivity index (χ2n) is 5.72. The van der Waals surface area contributed by atoms with Crippen LogP contribution in [0.3, 0.4) is 0 Å². The molecule has 0 amide bonds. The van der Waals surface area contributed by atoms with Gasteiger partial charge < -0.3 is 10.5 Å². The molecule has 0 rings (SSSR count). The topological polar surface area (TPSA) is 43.1 Å². The van der Waals surface area contributed by atoms with Crippen LogP contribution in [0.15, 0.2) is 0 Å². The molecule has 0 fully saturated rings. The van der Waals surface area contributed by atoms with Gasteiger partial charge in [0.15, 0.2) is 0 Å². The second-order valence-corrected chi connectivity index (χ2v) is 5.72. The maximum Gasteiger partial charge on any atom is 0.125 e. The van der Waals surface area contributed by atoms with E-state index in [1.54, 1.807) is 0 Å². The van der Waals surface area contributed by atoms with E-state index >= 15 is 0 Å². The fraction of sp³-hybridized carbons (Fsp3) is 0.769. The van der Waals surface area contributed by atoms with Crippen LogP contribution in [0.4, 0.5) is 0 Å². The summed E-state index contributed by atoms with van der Waals surface area (Å²) >= 11 is 0. The average molecular weight is 211 g/mol. The molecule has 2 N–H and O–H groups in total. The summed E-state index contributed by atoms with van der Waals surface area (Å²) in [6, 6.07) is 0.00231. The fourth-order valence-corrected chi connectivity index (χ4v) is 0.372. The van der Waals surface area contributed by atoms with E-state index in [1.165, 1.54) is 0 Å². The van der Waals surface area contributed by atoms with Gasteiger partial charge in [0.2, 0.25) is 0 Å². The lowest BCUT2D eigenvalue weighted by atomic mass is 9.88. The van der Waals surface area contributed by atoms with Crippen molar-refractivity contribution in [3.05, 3.63) is 0 Å². The van der Waals surface area contributed by atoms with Gasteiger partial charge in [-0.15, -0.1) is 5.92 Å². The molecule has 0 aliphatic rings. The summed E-state index contributed by atoms with van der Waals surface area (Å²) in [4.78, 5) is 9.83. The normalized spacial score (nSPS) is 12.8. The first-order valence-corrected chi connectivity index (χ1v) is 5.19. The third-order valence-electron chi connectivity index (χ3n) is 1.59. The summed E-state index contributed by atoms with van der Waals surface area (Å²) in [5.41, 5.74) is 5.66. The SMILES string of the molecule is CC#CC(N)C(C)(C)C.CC(C)(C)C=O. The Morgan fingerprint density at radius 3 is 1.53 bits per heavy atom. The van der Waals surface area contributed by atoms with Gasteiger partial charge in [0, 0.05) is 5.41 Å². The van der Waals surface area contributed by atoms with Crippen LogP contribution < -0.4 is 5.73 Å². The minimum Gasteiger partial charge on any atom is -0.317 e. The van der Waals surface area contributed by atoms with Crippen molar-refractivity contribution in [2.24, 2.45) is 16.6 Å². The van der Waals surface area contributed by atoms with Crippen LogP contribution in [-0.4, -0.2) is 12.3 Å². The van der Waals surface area contributed by atoms with Crippen LogP contribution in [-0.2, 0) is 4.79 Å². The zero-order chi connectivity index (χ0) is 12.7. The van der Waals surface area contributed by atoms with Gasteiger partial charge >= 0.3 is 0 Å². The molecule has 2 heteroatoms. The van der Waals surface area contributed by atoms with E-state index < -0.39 is 0 Å². The van der Waals surface area contributed by atoms with Crippen LogP contribution >= 0.6 is 0 Å². The molecule has 0 spiro atoms. The van der Waals surface area contributed by atoms with Gasteiger partial charge in [-0.25, -0.2) is 0 Å². The van der Waals surface area contributed by atoms with E-state index in [0.717, 1.165) is 6.29 Å². The maximum absolute atomic E-state index is 9.83. The molecule has 0 bridgehead atoms. The lowest BCUT2D eigenvalue weighted by molar-refractivity contribution is -0.113. The van der Waals surface area contributed by atoms with E-state index in [0.29, 0.717) is 0 Å². The minimum absolute atomic E-state index is 0.00231. The van der Waals surface area contributed by atoms with E-state index in [1.807, 2.05) is 27.7 Å². The summed E-state index contributed by atoms with van der Waals surface area (Å²) < 4.78 is 0. The van der Waals surface area contributed by atoms with Crippen LogP contribution in [0.2, 0.25) is 0 Å². The Morgan fingerprint density at radius 2 is 1.47 bits per heavy atom. The quantitative estimate of drug-likeness (QED) is 0.494. The summed E-state index contributed by atoms with van der Waals surface area (Å²) in [5, 5.41) is 0. The van der Waals surface area contributed by atoms with Crippen LogP contribution in [0.1, 0.15) is 48.5 Å². The molecular weight excluding hydrogens is 186 g/mol. The zero-order valence-electron chi connectivity index (χ0n) is 11.1. The van der Waals surface area contributed by atoms with E-state index in [4.69, 9.17) is 5.73 Å². The molecule has 0 aliphatic carbocycles. The molecule has 0 saturated carbocycles. The predicted molar refractivity (Wildman–Crippen MR) is 66.4 cm³/mol. The Bertz CT molecular complexity index is 232. The first-order chi connectivity index (χ1) is 6.54. The molecule has 0 aromatic rings. The van der Waals surface area contributed by atoms with Gasteiger partial charge in [-0.3, -0.25) is 0 Å². The third kappa shape index (κ3) is 13.2. The number of hydrogen-bond acceptors (Lipinski definition) is 2. The molecule has 0 heterocycles. The van der Waals surface area contributed by atoms with Gasteiger partial charge in [-0.2, -0.15) is 0 Å². The molecule has 1 unspecified atom stereocenters. The van der Waals surface area contributed by atoms with Crippen molar-refractivity contribution in [3.8, 4) is 11.8 Å². The van der Waals surface area contributed by atoms with Gasteiger partial charge in [0.05, 0.1) is 6.04 Å². The van der Waals surface area contributed by atoms with Crippen molar-refractivity contribution in [3.63, 3.8) is 0 Å². The number of carbonyl (C=O) groups excluding carboxylic acids is 1. The molecular formula is C13H25NO. The highest BCUT2D eigenvalue weighted by Crippen LogP contribution is 2.15. The first kappa shape index (κ1) is 16.6. The predicted octanol–water partition coefficient (Wildman–Crippen LogP) is 2.61. The van der Waals surface area contributed by atoms with Crippen molar-refractivity contribution in [1.29, 1.82) is 0 Å². The highest BCUT2D eigenvalue weighted by Gasteiger charge is 2.17. The second kappa shape index (κ2) is 6.63. The van der Waals surface area contributed by atoms with Gasteiger partial charge in [-0.1, -0.05) is 47.5 Å². The van der Waals surface area contributed by atoms with Gasteiger partial charge in [0.25, 0.3) is 0 Å². The Kier molecular flexibility index (Phi) is 7.35. The summed E-state index contributed by atoms with van der Waals surface area (Å²) in [6.07, 6.45) is 0.938. The molecule has 0 saturated heterocycles. The molecule has 88 valence electrons. The minimum atomic E-state index is -0.139. The number of aldehydes is 1. The summed E-state index contributed by atoms with van der Waals surface area (Å²) in [6.45, 7) is 13.7. The van der Waals surface area contributed by atoms with Crippen molar-refractivity contribution >= 4 is 6.29 Å². The Morgan fingerprint density at radius 1 is 1.13 bits per heavy atom. The number of carbonyl (C=O) groups is 1. The first-order valence-electron chi connectivity index (χ1n) is 5.19. The summed E-state index contributed by atoms with van der Waals surface area (Å²) in [5.74, 6) is 5.71. The van der Waals surface area contributed by atoms with Crippen LogP contribution in [0, 0.1) is 22.7 Å². The molecule has 0 aliphatic heterocycles. The van der Waals surface area contributed by atoms with Crippen molar-refractivity contribution in [1.82, 2.24) is 0 Å². The largest absolute Gasteiger partial charge is 0.317 e. The standard InChI is InChI=1S/C8H15N.C5H10O/c1-5-6-7(9)8(2,3)4;1-5(2,3)4-6/h7H,9H2,1-4H3;4H,1-3H3. The average Bonchev–Trinajstić information content (AvgIpc) is 2.03. The van der Waals surface area contributed by atoms with Crippen LogP contribution in [0.25, 0.3) is 0 Å². The Balaban J connectivity index is 0. The van der Waals surface area contributed by atoms with Crippen molar-refractivity contribution in [2.45, 2.75) is 54.5 Å². The molecule has 2 nitrogen and oxygen atoms in total. The molecule has 1 atom stereocenters.